The zero-order valence-electron chi connectivity index (χ0n) is 11.1. The highest BCUT2D eigenvalue weighted by Crippen LogP contribution is 2.37. The van der Waals surface area contributed by atoms with E-state index in [0.29, 0.717) is 5.56 Å². The van der Waals surface area contributed by atoms with Gasteiger partial charge in [-0.2, -0.15) is 8.78 Å². The van der Waals surface area contributed by atoms with Crippen molar-refractivity contribution in [2.75, 3.05) is 6.61 Å². The molecule has 7 heteroatoms. The molecule has 1 atom stereocenters. The van der Waals surface area contributed by atoms with E-state index in [0.717, 1.165) is 0 Å². The lowest BCUT2D eigenvalue weighted by Crippen LogP contribution is -2.46. The highest BCUT2D eigenvalue weighted by Gasteiger charge is 2.37. The smallest absolute Gasteiger partial charge is 0.407 e. The fourth-order valence-electron chi connectivity index (χ4n) is 2.09. The molecule has 1 aromatic rings. The lowest BCUT2D eigenvalue weighted by Gasteiger charge is -2.38. The fourth-order valence-corrected chi connectivity index (χ4v) is 2.09. The van der Waals surface area contributed by atoms with Crippen LogP contribution in [0, 0.1) is 5.41 Å². The molecule has 1 aromatic carbocycles. The third-order valence-electron chi connectivity index (χ3n) is 3.04. The molecule has 2 rings (SSSR count). The molecule has 1 aliphatic heterocycles. The molecular formula is C13H16ClF2NO3. The van der Waals surface area contributed by atoms with Crippen molar-refractivity contribution >= 4 is 18.5 Å². The molecule has 0 aromatic heterocycles. The summed E-state index contributed by atoms with van der Waals surface area (Å²) >= 11 is 0. The number of hydrogen-bond donors (Lipinski definition) is 1. The Hall–Kier alpha value is -1.56. The molecule has 1 saturated heterocycles. The molecule has 20 heavy (non-hydrogen) atoms. The third-order valence-corrected chi connectivity index (χ3v) is 3.04. The largest absolute Gasteiger partial charge is 0.449 e. The maximum Gasteiger partial charge on any atom is 0.407 e. The molecule has 1 fully saturated rings. The SMILES string of the molecule is CC1(C)COC(=O)N[C@@H]1c1cccc(OC(F)F)c1.Cl. The molecule has 0 aliphatic carbocycles. The van der Waals surface area contributed by atoms with Gasteiger partial charge in [0.1, 0.15) is 12.4 Å². The summed E-state index contributed by atoms with van der Waals surface area (Å²) in [4.78, 5) is 11.3. The van der Waals surface area contributed by atoms with Crippen molar-refractivity contribution in [3.63, 3.8) is 0 Å². The average Bonchev–Trinajstić information content (AvgIpc) is 2.32. The van der Waals surface area contributed by atoms with Crippen molar-refractivity contribution in [2.24, 2.45) is 5.41 Å². The number of halogens is 3. The quantitative estimate of drug-likeness (QED) is 0.929. The van der Waals surface area contributed by atoms with E-state index < -0.39 is 12.7 Å². The first-order valence-electron chi connectivity index (χ1n) is 5.86. The van der Waals surface area contributed by atoms with Crippen molar-refractivity contribution in [1.29, 1.82) is 0 Å². The molecule has 1 amide bonds. The molecule has 112 valence electrons. The highest BCUT2D eigenvalue weighted by atomic mass is 35.5. The van der Waals surface area contributed by atoms with Gasteiger partial charge in [-0.3, -0.25) is 0 Å². The van der Waals surface area contributed by atoms with Gasteiger partial charge in [0.05, 0.1) is 6.04 Å². The molecule has 4 nitrogen and oxygen atoms in total. The van der Waals surface area contributed by atoms with Crippen LogP contribution in [0.25, 0.3) is 0 Å². The Kier molecular flexibility index (Phi) is 5.16. The second-order valence-corrected chi connectivity index (χ2v) is 5.09. The Morgan fingerprint density at radius 3 is 2.80 bits per heavy atom. The van der Waals surface area contributed by atoms with E-state index in [4.69, 9.17) is 4.74 Å². The van der Waals surface area contributed by atoms with E-state index in [2.05, 4.69) is 10.1 Å². The number of alkyl carbamates (subject to hydrolysis) is 1. The van der Waals surface area contributed by atoms with Gasteiger partial charge < -0.3 is 14.8 Å². The average molecular weight is 308 g/mol. The van der Waals surface area contributed by atoms with Crippen LogP contribution in [0.3, 0.4) is 0 Å². The monoisotopic (exact) mass is 307 g/mol. The topological polar surface area (TPSA) is 47.6 Å². The zero-order chi connectivity index (χ0) is 14.0. The number of alkyl halides is 2. The van der Waals surface area contributed by atoms with Gasteiger partial charge in [-0.15, -0.1) is 12.4 Å². The number of nitrogens with one attached hydrogen (secondary N) is 1. The summed E-state index contributed by atoms with van der Waals surface area (Å²) in [6.45, 7) is 1.26. The lowest BCUT2D eigenvalue weighted by molar-refractivity contribution is -0.0500. The van der Waals surface area contributed by atoms with Gasteiger partial charge in [0, 0.05) is 5.41 Å². The number of cyclic esters (lactones) is 1. The van der Waals surface area contributed by atoms with E-state index >= 15 is 0 Å². The van der Waals surface area contributed by atoms with Crippen molar-refractivity contribution in [1.82, 2.24) is 5.32 Å². The van der Waals surface area contributed by atoms with E-state index in [1.807, 2.05) is 13.8 Å². The summed E-state index contributed by atoms with van der Waals surface area (Å²) in [5.74, 6) is 0.0732. The molecular weight excluding hydrogens is 292 g/mol. The molecule has 0 spiro atoms. The molecule has 1 N–H and O–H groups in total. The molecule has 0 saturated carbocycles. The highest BCUT2D eigenvalue weighted by molar-refractivity contribution is 5.85. The van der Waals surface area contributed by atoms with Gasteiger partial charge in [-0.25, -0.2) is 4.79 Å². The Morgan fingerprint density at radius 1 is 1.45 bits per heavy atom. The number of amides is 1. The van der Waals surface area contributed by atoms with Crippen LogP contribution in [-0.4, -0.2) is 19.3 Å². The van der Waals surface area contributed by atoms with Crippen LogP contribution in [-0.2, 0) is 4.74 Å². The van der Waals surface area contributed by atoms with Gasteiger partial charge >= 0.3 is 12.7 Å². The van der Waals surface area contributed by atoms with E-state index in [-0.39, 0.29) is 36.2 Å². The first-order chi connectivity index (χ1) is 8.88. The second-order valence-electron chi connectivity index (χ2n) is 5.09. The Bertz CT molecular complexity index is 482. The molecule has 1 heterocycles. The summed E-state index contributed by atoms with van der Waals surface area (Å²) in [5, 5.41) is 2.70. The van der Waals surface area contributed by atoms with Crippen molar-refractivity contribution in [2.45, 2.75) is 26.5 Å². The first kappa shape index (κ1) is 16.5. The Morgan fingerprint density at radius 2 is 2.15 bits per heavy atom. The summed E-state index contributed by atoms with van der Waals surface area (Å²) in [6.07, 6.45) is -0.510. The lowest BCUT2D eigenvalue weighted by atomic mass is 9.80. The number of ether oxygens (including phenoxy) is 2. The van der Waals surface area contributed by atoms with Gasteiger partial charge in [-0.05, 0) is 17.7 Å². The number of rotatable bonds is 3. The van der Waals surface area contributed by atoms with Gasteiger partial charge in [0.25, 0.3) is 0 Å². The predicted molar refractivity (Wildman–Crippen MR) is 71.3 cm³/mol. The van der Waals surface area contributed by atoms with Crippen molar-refractivity contribution < 1.29 is 23.0 Å². The van der Waals surface area contributed by atoms with Crippen LogP contribution in [0.4, 0.5) is 13.6 Å². The molecule has 0 bridgehead atoms. The fraction of sp³-hybridized carbons (Fsp3) is 0.462. The molecule has 0 radical (unpaired) electrons. The number of benzene rings is 1. The van der Waals surface area contributed by atoms with E-state index in [9.17, 15) is 13.6 Å². The normalized spacial score (nSPS) is 20.6. The van der Waals surface area contributed by atoms with E-state index in [1.165, 1.54) is 12.1 Å². The standard InChI is InChI=1S/C13H15F2NO3.ClH/c1-13(2)7-18-12(17)16-10(13)8-4-3-5-9(6-8)19-11(14)15;/h3-6,10-11H,7H2,1-2H3,(H,16,17);1H/t10-;/m1./s1. The predicted octanol–water partition coefficient (Wildman–Crippen LogP) is 3.52. The first-order valence-corrected chi connectivity index (χ1v) is 5.86. The summed E-state index contributed by atoms with van der Waals surface area (Å²) < 4.78 is 33.7. The van der Waals surface area contributed by atoms with Crippen LogP contribution in [0.1, 0.15) is 25.5 Å². The minimum Gasteiger partial charge on any atom is -0.449 e. The maximum absolute atomic E-state index is 12.2. The number of carbonyl (C=O) groups excluding carboxylic acids is 1. The van der Waals surface area contributed by atoms with Crippen molar-refractivity contribution in [3.8, 4) is 5.75 Å². The molecule has 0 unspecified atom stereocenters. The van der Waals surface area contributed by atoms with Crippen molar-refractivity contribution in [3.05, 3.63) is 29.8 Å². The van der Waals surface area contributed by atoms with Crippen LogP contribution in [0.15, 0.2) is 24.3 Å². The van der Waals surface area contributed by atoms with Crippen LogP contribution in [0.5, 0.6) is 5.75 Å². The minimum absolute atomic E-state index is 0. The van der Waals surface area contributed by atoms with Crippen LogP contribution >= 0.6 is 12.4 Å². The van der Waals surface area contributed by atoms with Crippen LogP contribution < -0.4 is 10.1 Å². The summed E-state index contributed by atoms with van der Waals surface area (Å²) in [5.41, 5.74) is 0.372. The summed E-state index contributed by atoms with van der Waals surface area (Å²) in [7, 11) is 0. The van der Waals surface area contributed by atoms with Gasteiger partial charge in [0.15, 0.2) is 0 Å². The minimum atomic E-state index is -2.87. The maximum atomic E-state index is 12.2. The Balaban J connectivity index is 0.00000200. The third kappa shape index (κ3) is 3.72. The number of carbonyl (C=O) groups is 1. The summed E-state index contributed by atoms with van der Waals surface area (Å²) in [6, 6.07) is 6.02. The zero-order valence-corrected chi connectivity index (χ0v) is 11.9. The van der Waals surface area contributed by atoms with Gasteiger partial charge in [-0.1, -0.05) is 26.0 Å². The number of hydrogen-bond acceptors (Lipinski definition) is 3. The van der Waals surface area contributed by atoms with Gasteiger partial charge in [0.2, 0.25) is 0 Å². The Labute approximate surface area is 121 Å². The second kappa shape index (κ2) is 6.26. The van der Waals surface area contributed by atoms with E-state index in [1.54, 1.807) is 12.1 Å². The molecule has 1 aliphatic rings. The van der Waals surface area contributed by atoms with Crippen LogP contribution in [0.2, 0.25) is 0 Å².